The Balaban J connectivity index is 2.61. The summed E-state index contributed by atoms with van der Waals surface area (Å²) in [5.41, 5.74) is 1.77. The summed E-state index contributed by atoms with van der Waals surface area (Å²) in [4.78, 5) is 0. The average Bonchev–Trinajstić information content (AvgIpc) is 2.59. The van der Waals surface area contributed by atoms with Crippen LogP contribution in [0.15, 0.2) is 22.7 Å². The minimum atomic E-state index is -0.0469. The predicted octanol–water partition coefficient (Wildman–Crippen LogP) is 1.75. The molecule has 0 aliphatic heterocycles. The first-order chi connectivity index (χ1) is 6.72. The molecule has 0 saturated heterocycles. The van der Waals surface area contributed by atoms with Gasteiger partial charge in [-0.2, -0.15) is 0 Å². The van der Waals surface area contributed by atoms with Gasteiger partial charge in [0.05, 0.1) is 18.2 Å². The predicted molar refractivity (Wildman–Crippen MR) is 57.0 cm³/mol. The fourth-order valence-corrected chi connectivity index (χ4v) is 1.66. The Labute approximate surface area is 89.7 Å². The lowest BCUT2D eigenvalue weighted by atomic mass is 10.3. The van der Waals surface area contributed by atoms with Gasteiger partial charge in [0, 0.05) is 4.47 Å². The molecule has 2 rings (SSSR count). The molecule has 0 unspecified atom stereocenters. The number of hydrogen-bond acceptors (Lipinski definition) is 3. The third-order valence-corrected chi connectivity index (χ3v) is 2.61. The van der Waals surface area contributed by atoms with Crippen molar-refractivity contribution in [2.24, 2.45) is 0 Å². The quantitative estimate of drug-likeness (QED) is 0.890. The summed E-state index contributed by atoms with van der Waals surface area (Å²) >= 11 is 3.39. The van der Waals surface area contributed by atoms with Crippen molar-refractivity contribution in [3.8, 4) is 0 Å². The molecule has 1 N–H and O–H groups in total. The van der Waals surface area contributed by atoms with Crippen molar-refractivity contribution in [2.75, 3.05) is 6.61 Å². The van der Waals surface area contributed by atoms with Crippen molar-refractivity contribution in [3.63, 3.8) is 0 Å². The molecule has 0 radical (unpaired) electrons. The van der Waals surface area contributed by atoms with Gasteiger partial charge in [-0.15, -0.1) is 5.10 Å². The van der Waals surface area contributed by atoms with Crippen molar-refractivity contribution >= 4 is 27.0 Å². The monoisotopic (exact) mass is 255 g/mol. The van der Waals surface area contributed by atoms with Crippen molar-refractivity contribution < 1.29 is 5.11 Å². The van der Waals surface area contributed by atoms with Crippen LogP contribution in [0.2, 0.25) is 0 Å². The lowest BCUT2D eigenvalue weighted by molar-refractivity contribution is 0.231. The largest absolute Gasteiger partial charge is 0.394 e. The van der Waals surface area contributed by atoms with Crippen LogP contribution in [-0.2, 0) is 0 Å². The van der Waals surface area contributed by atoms with Gasteiger partial charge in [0.2, 0.25) is 0 Å². The van der Waals surface area contributed by atoms with Crippen LogP contribution in [0.4, 0.5) is 0 Å². The van der Waals surface area contributed by atoms with Gasteiger partial charge in [-0.3, -0.25) is 0 Å². The fourth-order valence-electron chi connectivity index (χ4n) is 1.31. The molecule has 0 aliphatic rings. The molecule has 0 aliphatic carbocycles. The zero-order valence-corrected chi connectivity index (χ0v) is 9.27. The van der Waals surface area contributed by atoms with Crippen LogP contribution in [-0.4, -0.2) is 26.7 Å². The molecule has 1 aromatic carbocycles. The Morgan fingerprint density at radius 1 is 1.57 bits per heavy atom. The molecule has 74 valence electrons. The topological polar surface area (TPSA) is 50.9 Å². The van der Waals surface area contributed by atoms with Gasteiger partial charge in [-0.05, 0) is 25.1 Å². The Bertz CT molecular complexity index is 454. The molecule has 0 fully saturated rings. The summed E-state index contributed by atoms with van der Waals surface area (Å²) in [5.74, 6) is 0. The third kappa shape index (κ3) is 1.53. The molecule has 5 heteroatoms. The van der Waals surface area contributed by atoms with Crippen LogP contribution in [0.1, 0.15) is 13.0 Å². The molecule has 1 atom stereocenters. The van der Waals surface area contributed by atoms with E-state index < -0.39 is 0 Å². The number of fused-ring (bicyclic) bond motifs is 1. The van der Waals surface area contributed by atoms with E-state index in [1.807, 2.05) is 25.1 Å². The molecule has 0 saturated carbocycles. The highest BCUT2D eigenvalue weighted by molar-refractivity contribution is 9.10. The Morgan fingerprint density at radius 2 is 2.36 bits per heavy atom. The van der Waals surface area contributed by atoms with E-state index in [0.717, 1.165) is 15.5 Å². The number of rotatable bonds is 2. The molecular weight excluding hydrogens is 246 g/mol. The molecule has 1 heterocycles. The van der Waals surface area contributed by atoms with Crippen molar-refractivity contribution in [1.29, 1.82) is 0 Å². The highest BCUT2D eigenvalue weighted by Crippen LogP contribution is 2.19. The van der Waals surface area contributed by atoms with E-state index >= 15 is 0 Å². The molecule has 0 spiro atoms. The zero-order valence-electron chi connectivity index (χ0n) is 7.68. The SMILES string of the molecule is C[C@@H](CO)n1nnc2ccc(Br)cc21. The van der Waals surface area contributed by atoms with Crippen molar-refractivity contribution in [1.82, 2.24) is 15.0 Å². The first-order valence-electron chi connectivity index (χ1n) is 4.33. The van der Waals surface area contributed by atoms with Crippen LogP contribution in [0, 0.1) is 0 Å². The average molecular weight is 256 g/mol. The summed E-state index contributed by atoms with van der Waals surface area (Å²) < 4.78 is 2.71. The Kier molecular flexibility index (Phi) is 2.52. The van der Waals surface area contributed by atoms with Crippen molar-refractivity contribution in [3.05, 3.63) is 22.7 Å². The lowest BCUT2D eigenvalue weighted by Crippen LogP contribution is -2.10. The van der Waals surface area contributed by atoms with Gasteiger partial charge >= 0.3 is 0 Å². The number of aliphatic hydroxyl groups excluding tert-OH is 1. The number of aromatic nitrogens is 3. The molecule has 0 amide bonds. The molecule has 2 aromatic rings. The second-order valence-corrected chi connectivity index (χ2v) is 4.11. The first-order valence-corrected chi connectivity index (χ1v) is 5.13. The summed E-state index contributed by atoms with van der Waals surface area (Å²) in [6.07, 6.45) is 0. The second-order valence-electron chi connectivity index (χ2n) is 3.20. The molecule has 0 bridgehead atoms. The first kappa shape index (κ1) is 9.61. The second kappa shape index (κ2) is 3.67. The normalized spacial score (nSPS) is 13.4. The van der Waals surface area contributed by atoms with Crippen molar-refractivity contribution in [2.45, 2.75) is 13.0 Å². The van der Waals surface area contributed by atoms with Gasteiger partial charge in [0.25, 0.3) is 0 Å². The van der Waals surface area contributed by atoms with Crippen LogP contribution < -0.4 is 0 Å². The van der Waals surface area contributed by atoms with Gasteiger partial charge in [-0.1, -0.05) is 21.1 Å². The molecule has 1 aromatic heterocycles. The van der Waals surface area contributed by atoms with Gasteiger partial charge in [-0.25, -0.2) is 4.68 Å². The minimum absolute atomic E-state index is 0.0469. The maximum Gasteiger partial charge on any atom is 0.113 e. The number of halogens is 1. The highest BCUT2D eigenvalue weighted by Gasteiger charge is 2.09. The van der Waals surface area contributed by atoms with E-state index in [0.29, 0.717) is 0 Å². The van der Waals surface area contributed by atoms with Crippen LogP contribution in [0.3, 0.4) is 0 Å². The maximum atomic E-state index is 9.04. The molecular formula is C9H10BrN3O. The van der Waals surface area contributed by atoms with Crippen LogP contribution in [0.25, 0.3) is 11.0 Å². The molecule has 4 nitrogen and oxygen atoms in total. The van der Waals surface area contributed by atoms with Crippen LogP contribution in [0.5, 0.6) is 0 Å². The Hall–Kier alpha value is -0.940. The van der Waals surface area contributed by atoms with Gasteiger partial charge in [0.1, 0.15) is 5.52 Å². The van der Waals surface area contributed by atoms with Gasteiger partial charge < -0.3 is 5.11 Å². The van der Waals surface area contributed by atoms with E-state index in [2.05, 4.69) is 26.2 Å². The minimum Gasteiger partial charge on any atom is -0.394 e. The van der Waals surface area contributed by atoms with E-state index in [1.54, 1.807) is 4.68 Å². The summed E-state index contributed by atoms with van der Waals surface area (Å²) in [5, 5.41) is 17.0. The maximum absolute atomic E-state index is 9.04. The lowest BCUT2D eigenvalue weighted by Gasteiger charge is -2.08. The highest BCUT2D eigenvalue weighted by atomic mass is 79.9. The smallest absolute Gasteiger partial charge is 0.113 e. The van der Waals surface area contributed by atoms with Gasteiger partial charge in [0.15, 0.2) is 0 Å². The summed E-state index contributed by atoms with van der Waals surface area (Å²) in [6, 6.07) is 5.72. The standard InChI is InChI=1S/C9H10BrN3O/c1-6(5-14)13-9-4-7(10)2-3-8(9)11-12-13/h2-4,6,14H,5H2,1H3/t6-/m0/s1. The van der Waals surface area contributed by atoms with Crippen LogP contribution >= 0.6 is 15.9 Å². The summed E-state index contributed by atoms with van der Waals surface area (Å²) in [7, 11) is 0. The number of aliphatic hydroxyl groups is 1. The fraction of sp³-hybridized carbons (Fsp3) is 0.333. The summed E-state index contributed by atoms with van der Waals surface area (Å²) in [6.45, 7) is 1.96. The van der Waals surface area contributed by atoms with E-state index in [-0.39, 0.29) is 12.6 Å². The zero-order chi connectivity index (χ0) is 10.1. The molecule has 14 heavy (non-hydrogen) atoms. The Morgan fingerprint density at radius 3 is 3.07 bits per heavy atom. The van der Waals surface area contributed by atoms with E-state index in [9.17, 15) is 0 Å². The number of nitrogens with zero attached hydrogens (tertiary/aromatic N) is 3. The number of hydrogen-bond donors (Lipinski definition) is 1. The third-order valence-electron chi connectivity index (χ3n) is 2.11. The van der Waals surface area contributed by atoms with E-state index in [1.165, 1.54) is 0 Å². The number of benzene rings is 1. The van der Waals surface area contributed by atoms with E-state index in [4.69, 9.17) is 5.11 Å².